The van der Waals surface area contributed by atoms with Gasteiger partial charge in [0.15, 0.2) is 5.82 Å². The number of sulfonamides is 1. The summed E-state index contributed by atoms with van der Waals surface area (Å²) >= 11 is 0. The van der Waals surface area contributed by atoms with Crippen molar-refractivity contribution in [3.05, 3.63) is 24.1 Å². The van der Waals surface area contributed by atoms with Crippen LogP contribution >= 0.6 is 0 Å². The number of rotatable bonds is 7. The Kier molecular flexibility index (Phi) is 5.37. The Hall–Kier alpha value is -1.54. The first-order chi connectivity index (χ1) is 8.86. The summed E-state index contributed by atoms with van der Waals surface area (Å²) in [5.74, 6) is -2.30. The van der Waals surface area contributed by atoms with Gasteiger partial charge in [-0.05, 0) is 18.1 Å². The predicted octanol–water partition coefficient (Wildman–Crippen LogP) is 1.000. The fourth-order valence-corrected chi connectivity index (χ4v) is 2.59. The SMILES string of the molecule is CCC(CNS(=O)(=O)c1ncccc1F)CC(=O)O. The van der Waals surface area contributed by atoms with Gasteiger partial charge in [-0.25, -0.2) is 22.5 Å². The Bertz CT molecular complexity index is 547. The van der Waals surface area contributed by atoms with E-state index in [2.05, 4.69) is 9.71 Å². The Labute approximate surface area is 110 Å². The lowest BCUT2D eigenvalue weighted by Crippen LogP contribution is -2.31. The number of hydrogen-bond donors (Lipinski definition) is 2. The van der Waals surface area contributed by atoms with Crippen LogP contribution in [0.25, 0.3) is 0 Å². The summed E-state index contributed by atoms with van der Waals surface area (Å²) < 4.78 is 39.1. The molecule has 106 valence electrons. The fraction of sp³-hybridized carbons (Fsp3) is 0.455. The second kappa shape index (κ2) is 6.58. The minimum atomic E-state index is -4.06. The van der Waals surface area contributed by atoms with Crippen molar-refractivity contribution >= 4 is 16.0 Å². The highest BCUT2D eigenvalue weighted by Crippen LogP contribution is 2.12. The molecule has 1 aromatic heterocycles. The van der Waals surface area contributed by atoms with Gasteiger partial charge >= 0.3 is 5.97 Å². The summed E-state index contributed by atoms with van der Waals surface area (Å²) in [4.78, 5) is 14.0. The average molecular weight is 290 g/mol. The zero-order valence-electron chi connectivity index (χ0n) is 10.3. The highest BCUT2D eigenvalue weighted by molar-refractivity contribution is 7.89. The predicted molar refractivity (Wildman–Crippen MR) is 65.4 cm³/mol. The first-order valence-electron chi connectivity index (χ1n) is 5.68. The van der Waals surface area contributed by atoms with Crippen molar-refractivity contribution in [2.75, 3.05) is 6.54 Å². The second-order valence-electron chi connectivity index (χ2n) is 4.01. The first-order valence-corrected chi connectivity index (χ1v) is 7.17. The maximum Gasteiger partial charge on any atom is 0.303 e. The maximum absolute atomic E-state index is 13.3. The van der Waals surface area contributed by atoms with Gasteiger partial charge in [-0.15, -0.1) is 0 Å². The molecule has 0 radical (unpaired) electrons. The number of hydrogen-bond acceptors (Lipinski definition) is 4. The van der Waals surface area contributed by atoms with Gasteiger partial charge < -0.3 is 5.11 Å². The lowest BCUT2D eigenvalue weighted by Gasteiger charge is -2.13. The number of aromatic nitrogens is 1. The third-order valence-corrected chi connectivity index (χ3v) is 3.94. The van der Waals surface area contributed by atoms with E-state index in [1.54, 1.807) is 6.92 Å². The van der Waals surface area contributed by atoms with E-state index < -0.39 is 26.8 Å². The minimum absolute atomic E-state index is 0.0683. The highest BCUT2D eigenvalue weighted by Gasteiger charge is 2.22. The Morgan fingerprint density at radius 2 is 2.26 bits per heavy atom. The molecular formula is C11H15FN2O4S. The van der Waals surface area contributed by atoms with Crippen molar-refractivity contribution in [3.63, 3.8) is 0 Å². The van der Waals surface area contributed by atoms with Gasteiger partial charge in [0.25, 0.3) is 10.0 Å². The van der Waals surface area contributed by atoms with Crippen LogP contribution in [0.5, 0.6) is 0 Å². The molecule has 1 unspecified atom stereocenters. The highest BCUT2D eigenvalue weighted by atomic mass is 32.2. The number of halogens is 1. The molecule has 0 spiro atoms. The first kappa shape index (κ1) is 15.5. The molecule has 0 bridgehead atoms. The molecule has 1 heterocycles. The van der Waals surface area contributed by atoms with Crippen LogP contribution in [-0.2, 0) is 14.8 Å². The summed E-state index contributed by atoms with van der Waals surface area (Å²) in [6, 6.07) is 2.28. The van der Waals surface area contributed by atoms with Crippen molar-refractivity contribution in [1.29, 1.82) is 0 Å². The number of carbonyl (C=O) groups is 1. The van der Waals surface area contributed by atoms with Crippen LogP contribution in [0.2, 0.25) is 0 Å². The Morgan fingerprint density at radius 1 is 1.58 bits per heavy atom. The second-order valence-corrected chi connectivity index (χ2v) is 5.70. The van der Waals surface area contributed by atoms with Gasteiger partial charge in [0.05, 0.1) is 0 Å². The molecule has 0 amide bonds. The standard InChI is InChI=1S/C11H15FN2O4S/c1-2-8(6-10(15)16)7-14-19(17,18)11-9(12)4-3-5-13-11/h3-5,8,14H,2,6-7H2,1H3,(H,15,16). The van der Waals surface area contributed by atoms with Crippen molar-refractivity contribution < 1.29 is 22.7 Å². The molecule has 0 saturated carbocycles. The lowest BCUT2D eigenvalue weighted by molar-refractivity contribution is -0.138. The van der Waals surface area contributed by atoms with Gasteiger partial charge in [-0.3, -0.25) is 4.79 Å². The minimum Gasteiger partial charge on any atom is -0.481 e. The van der Waals surface area contributed by atoms with Crippen LogP contribution in [0.4, 0.5) is 4.39 Å². The zero-order chi connectivity index (χ0) is 14.5. The number of nitrogens with one attached hydrogen (secondary N) is 1. The van der Waals surface area contributed by atoms with Crippen molar-refractivity contribution in [2.45, 2.75) is 24.8 Å². The third-order valence-electron chi connectivity index (χ3n) is 2.58. The Balaban J connectivity index is 2.76. The van der Waals surface area contributed by atoms with E-state index in [9.17, 15) is 17.6 Å². The summed E-state index contributed by atoms with van der Waals surface area (Å²) in [6.07, 6.45) is 1.52. The van der Waals surface area contributed by atoms with Gasteiger partial charge in [-0.2, -0.15) is 0 Å². The molecule has 2 N–H and O–H groups in total. The molecule has 0 aliphatic carbocycles. The summed E-state index contributed by atoms with van der Waals surface area (Å²) in [6.45, 7) is 1.68. The molecule has 1 aromatic rings. The zero-order valence-corrected chi connectivity index (χ0v) is 11.2. The molecule has 8 heteroatoms. The molecular weight excluding hydrogens is 275 g/mol. The van der Waals surface area contributed by atoms with Crippen LogP contribution in [-0.4, -0.2) is 31.0 Å². The fourth-order valence-electron chi connectivity index (χ4n) is 1.47. The number of pyridine rings is 1. The van der Waals surface area contributed by atoms with E-state index in [0.717, 1.165) is 6.07 Å². The van der Waals surface area contributed by atoms with Gasteiger partial charge in [-0.1, -0.05) is 13.3 Å². The van der Waals surface area contributed by atoms with Crippen molar-refractivity contribution in [3.8, 4) is 0 Å². The number of carboxylic acid groups (broad SMARTS) is 1. The molecule has 1 atom stereocenters. The van der Waals surface area contributed by atoms with Gasteiger partial charge in [0, 0.05) is 19.2 Å². The smallest absolute Gasteiger partial charge is 0.303 e. The average Bonchev–Trinajstić information content (AvgIpc) is 2.34. The lowest BCUT2D eigenvalue weighted by atomic mass is 10.0. The monoisotopic (exact) mass is 290 g/mol. The van der Waals surface area contributed by atoms with Crippen molar-refractivity contribution in [1.82, 2.24) is 9.71 Å². The quantitative estimate of drug-likeness (QED) is 0.781. The van der Waals surface area contributed by atoms with Crippen LogP contribution in [0.1, 0.15) is 19.8 Å². The summed E-state index contributed by atoms with van der Waals surface area (Å²) in [5, 5.41) is 7.98. The van der Waals surface area contributed by atoms with E-state index in [1.165, 1.54) is 12.3 Å². The molecule has 1 rings (SSSR count). The molecule has 0 aliphatic heterocycles. The molecule has 0 aromatic carbocycles. The van der Waals surface area contributed by atoms with Crippen LogP contribution in [0.15, 0.2) is 23.4 Å². The summed E-state index contributed by atoms with van der Waals surface area (Å²) in [7, 11) is -4.06. The van der Waals surface area contributed by atoms with Crippen molar-refractivity contribution in [2.24, 2.45) is 5.92 Å². The number of nitrogens with zero attached hydrogens (tertiary/aromatic N) is 1. The van der Waals surface area contributed by atoms with E-state index in [1.807, 2.05) is 0 Å². The molecule has 0 fully saturated rings. The van der Waals surface area contributed by atoms with Crippen LogP contribution in [0.3, 0.4) is 0 Å². The van der Waals surface area contributed by atoms with Crippen LogP contribution in [0, 0.1) is 11.7 Å². The van der Waals surface area contributed by atoms with Gasteiger partial charge in [0.1, 0.15) is 0 Å². The summed E-state index contributed by atoms with van der Waals surface area (Å²) in [5.41, 5.74) is 0. The molecule has 6 nitrogen and oxygen atoms in total. The number of aliphatic carboxylic acids is 1. The molecule has 0 saturated heterocycles. The topological polar surface area (TPSA) is 96.4 Å². The van der Waals surface area contributed by atoms with E-state index in [0.29, 0.717) is 6.42 Å². The third kappa shape index (κ3) is 4.56. The van der Waals surface area contributed by atoms with Gasteiger partial charge in [0.2, 0.25) is 5.03 Å². The molecule has 0 aliphatic rings. The normalized spacial score (nSPS) is 13.2. The van der Waals surface area contributed by atoms with Crippen LogP contribution < -0.4 is 4.72 Å². The maximum atomic E-state index is 13.3. The Morgan fingerprint density at radius 3 is 2.79 bits per heavy atom. The van der Waals surface area contributed by atoms with E-state index in [4.69, 9.17) is 5.11 Å². The molecule has 19 heavy (non-hydrogen) atoms. The number of carboxylic acids is 1. The van der Waals surface area contributed by atoms with E-state index in [-0.39, 0.29) is 18.9 Å². The largest absolute Gasteiger partial charge is 0.481 e. The van der Waals surface area contributed by atoms with E-state index >= 15 is 0 Å².